The zero-order chi connectivity index (χ0) is 9.26. The standard InChI is InChI=1S/C12H19N/c1-3-5-10-8-11-6-4-7-12(9-10)13(11)2/h1,10-12H,4-9H2,2H3. The van der Waals surface area contributed by atoms with E-state index in [1.165, 1.54) is 32.1 Å². The van der Waals surface area contributed by atoms with Crippen LogP contribution in [0.25, 0.3) is 0 Å². The van der Waals surface area contributed by atoms with Gasteiger partial charge in [0.2, 0.25) is 0 Å². The van der Waals surface area contributed by atoms with E-state index in [0.29, 0.717) is 0 Å². The summed E-state index contributed by atoms with van der Waals surface area (Å²) in [5.74, 6) is 3.64. The van der Waals surface area contributed by atoms with E-state index in [4.69, 9.17) is 6.42 Å². The van der Waals surface area contributed by atoms with E-state index in [1.807, 2.05) is 0 Å². The van der Waals surface area contributed by atoms with Crippen molar-refractivity contribution in [1.29, 1.82) is 0 Å². The van der Waals surface area contributed by atoms with Gasteiger partial charge in [0.25, 0.3) is 0 Å². The van der Waals surface area contributed by atoms with Crippen LogP contribution in [-0.4, -0.2) is 24.0 Å². The van der Waals surface area contributed by atoms with Gasteiger partial charge in [-0.15, -0.1) is 12.3 Å². The summed E-state index contributed by atoms with van der Waals surface area (Å²) < 4.78 is 0. The molecular formula is C12H19N. The number of nitrogens with zero attached hydrogens (tertiary/aromatic N) is 1. The first-order valence-electron chi connectivity index (χ1n) is 5.46. The zero-order valence-corrected chi connectivity index (χ0v) is 8.50. The fourth-order valence-corrected chi connectivity index (χ4v) is 3.06. The molecule has 2 aliphatic heterocycles. The van der Waals surface area contributed by atoms with Gasteiger partial charge in [-0.3, -0.25) is 0 Å². The molecule has 72 valence electrons. The fraction of sp³-hybridized carbons (Fsp3) is 0.833. The molecular weight excluding hydrogens is 158 g/mol. The van der Waals surface area contributed by atoms with Crippen LogP contribution in [0.15, 0.2) is 0 Å². The van der Waals surface area contributed by atoms with Crippen molar-refractivity contribution >= 4 is 0 Å². The average Bonchev–Trinajstić information content (AvgIpc) is 2.07. The Labute approximate surface area is 81.5 Å². The molecule has 0 aromatic rings. The summed E-state index contributed by atoms with van der Waals surface area (Å²) in [5, 5.41) is 0. The maximum atomic E-state index is 5.38. The van der Waals surface area contributed by atoms with Crippen LogP contribution < -0.4 is 0 Å². The Kier molecular flexibility index (Phi) is 2.60. The van der Waals surface area contributed by atoms with E-state index in [0.717, 1.165) is 24.4 Å². The summed E-state index contributed by atoms with van der Waals surface area (Å²) in [7, 11) is 2.29. The van der Waals surface area contributed by atoms with Crippen LogP contribution in [-0.2, 0) is 0 Å². The molecule has 1 nitrogen and oxygen atoms in total. The highest BCUT2D eigenvalue weighted by Crippen LogP contribution is 2.36. The van der Waals surface area contributed by atoms with Crippen LogP contribution in [0.5, 0.6) is 0 Å². The van der Waals surface area contributed by atoms with Gasteiger partial charge in [-0.2, -0.15) is 0 Å². The molecule has 0 aromatic heterocycles. The lowest BCUT2D eigenvalue weighted by atomic mass is 9.78. The van der Waals surface area contributed by atoms with Crippen LogP contribution in [0.2, 0.25) is 0 Å². The van der Waals surface area contributed by atoms with Crippen LogP contribution in [0.3, 0.4) is 0 Å². The van der Waals surface area contributed by atoms with E-state index in [2.05, 4.69) is 17.9 Å². The summed E-state index contributed by atoms with van der Waals surface area (Å²) in [4.78, 5) is 2.59. The maximum Gasteiger partial charge on any atom is 0.0116 e. The lowest BCUT2D eigenvalue weighted by Crippen LogP contribution is -2.49. The summed E-state index contributed by atoms with van der Waals surface area (Å²) in [5.41, 5.74) is 0. The zero-order valence-electron chi connectivity index (χ0n) is 8.50. The van der Waals surface area contributed by atoms with Gasteiger partial charge in [-0.05, 0) is 38.6 Å². The van der Waals surface area contributed by atoms with Crippen molar-refractivity contribution in [3.8, 4) is 12.3 Å². The molecule has 2 saturated heterocycles. The highest BCUT2D eigenvalue weighted by molar-refractivity contribution is 4.95. The second-order valence-corrected chi connectivity index (χ2v) is 4.65. The van der Waals surface area contributed by atoms with Crippen molar-refractivity contribution in [2.24, 2.45) is 5.92 Å². The van der Waals surface area contributed by atoms with Crippen molar-refractivity contribution < 1.29 is 0 Å². The monoisotopic (exact) mass is 177 g/mol. The van der Waals surface area contributed by atoms with E-state index >= 15 is 0 Å². The third-order valence-corrected chi connectivity index (χ3v) is 3.84. The SMILES string of the molecule is C#CCC1CC2CCCC(C1)N2C. The third kappa shape index (κ3) is 1.74. The summed E-state index contributed by atoms with van der Waals surface area (Å²) in [6.45, 7) is 0. The molecule has 2 unspecified atom stereocenters. The summed E-state index contributed by atoms with van der Waals surface area (Å²) >= 11 is 0. The smallest absolute Gasteiger partial charge is 0.0116 e. The van der Waals surface area contributed by atoms with Crippen molar-refractivity contribution in [3.05, 3.63) is 0 Å². The molecule has 2 atom stereocenters. The van der Waals surface area contributed by atoms with Crippen molar-refractivity contribution in [2.75, 3.05) is 7.05 Å². The van der Waals surface area contributed by atoms with E-state index in [1.54, 1.807) is 0 Å². The number of rotatable bonds is 1. The molecule has 13 heavy (non-hydrogen) atoms. The Morgan fingerprint density at radius 3 is 2.46 bits per heavy atom. The number of fused-ring (bicyclic) bond motifs is 2. The fourth-order valence-electron chi connectivity index (χ4n) is 3.06. The first kappa shape index (κ1) is 9.09. The molecule has 0 spiro atoms. The van der Waals surface area contributed by atoms with E-state index < -0.39 is 0 Å². The maximum absolute atomic E-state index is 5.38. The van der Waals surface area contributed by atoms with E-state index in [9.17, 15) is 0 Å². The lowest BCUT2D eigenvalue weighted by Gasteiger charge is -2.46. The van der Waals surface area contributed by atoms with Crippen molar-refractivity contribution in [1.82, 2.24) is 4.90 Å². The second-order valence-electron chi connectivity index (χ2n) is 4.65. The van der Waals surface area contributed by atoms with Crippen LogP contribution in [0.4, 0.5) is 0 Å². The predicted octanol–water partition coefficient (Wildman–Crippen LogP) is 2.27. The number of hydrogen-bond acceptors (Lipinski definition) is 1. The second kappa shape index (κ2) is 3.72. The van der Waals surface area contributed by atoms with Crippen LogP contribution in [0.1, 0.15) is 38.5 Å². The number of hydrogen-bond donors (Lipinski definition) is 0. The quantitative estimate of drug-likeness (QED) is 0.555. The minimum absolute atomic E-state index is 0.816. The Balaban J connectivity index is 2.00. The molecule has 0 saturated carbocycles. The van der Waals surface area contributed by atoms with Gasteiger partial charge < -0.3 is 4.90 Å². The molecule has 2 aliphatic rings. The van der Waals surface area contributed by atoms with Crippen LogP contribution in [0, 0.1) is 18.3 Å². The van der Waals surface area contributed by atoms with Gasteiger partial charge in [0.1, 0.15) is 0 Å². The van der Waals surface area contributed by atoms with Gasteiger partial charge in [0.15, 0.2) is 0 Å². The Bertz CT molecular complexity index is 202. The van der Waals surface area contributed by atoms with Crippen molar-refractivity contribution in [3.63, 3.8) is 0 Å². The molecule has 1 heteroatoms. The molecule has 2 fully saturated rings. The van der Waals surface area contributed by atoms with Crippen molar-refractivity contribution in [2.45, 2.75) is 50.6 Å². The Morgan fingerprint density at radius 2 is 1.92 bits per heavy atom. The van der Waals surface area contributed by atoms with Gasteiger partial charge in [-0.25, -0.2) is 0 Å². The topological polar surface area (TPSA) is 3.24 Å². The minimum Gasteiger partial charge on any atom is -0.300 e. The number of terminal acetylenes is 1. The molecule has 0 N–H and O–H groups in total. The summed E-state index contributed by atoms with van der Waals surface area (Å²) in [6, 6.07) is 1.68. The van der Waals surface area contributed by atoms with Crippen LogP contribution >= 0.6 is 0 Å². The van der Waals surface area contributed by atoms with Gasteiger partial charge in [0.05, 0.1) is 0 Å². The Hall–Kier alpha value is -0.480. The highest BCUT2D eigenvalue weighted by Gasteiger charge is 2.35. The Morgan fingerprint density at radius 1 is 1.31 bits per heavy atom. The number of piperidine rings is 2. The third-order valence-electron chi connectivity index (χ3n) is 3.84. The molecule has 0 aliphatic carbocycles. The first-order valence-corrected chi connectivity index (χ1v) is 5.46. The van der Waals surface area contributed by atoms with E-state index in [-0.39, 0.29) is 0 Å². The molecule has 2 rings (SSSR count). The van der Waals surface area contributed by atoms with Gasteiger partial charge in [0, 0.05) is 18.5 Å². The van der Waals surface area contributed by atoms with Gasteiger partial charge in [-0.1, -0.05) is 6.42 Å². The molecule has 0 radical (unpaired) electrons. The molecule has 2 bridgehead atoms. The predicted molar refractivity (Wildman–Crippen MR) is 55.4 cm³/mol. The average molecular weight is 177 g/mol. The normalized spacial score (nSPS) is 39.8. The van der Waals surface area contributed by atoms with Gasteiger partial charge >= 0.3 is 0 Å². The molecule has 0 aromatic carbocycles. The first-order chi connectivity index (χ1) is 6.31. The minimum atomic E-state index is 0.816. The summed E-state index contributed by atoms with van der Waals surface area (Å²) in [6.07, 6.45) is 13.3. The largest absolute Gasteiger partial charge is 0.300 e. The highest BCUT2D eigenvalue weighted by atomic mass is 15.2. The lowest BCUT2D eigenvalue weighted by molar-refractivity contribution is 0.0379. The molecule has 0 amide bonds. The molecule has 2 heterocycles.